The smallest absolute Gasteiger partial charge is 0.240 e. The van der Waals surface area contributed by atoms with E-state index in [4.69, 9.17) is 4.74 Å². The van der Waals surface area contributed by atoms with Crippen molar-refractivity contribution < 1.29 is 23.1 Å². The number of halogens is 2. The first-order chi connectivity index (χ1) is 13.9. The molecule has 0 saturated carbocycles. The van der Waals surface area contributed by atoms with Crippen LogP contribution in [0.15, 0.2) is 52.7 Å². The summed E-state index contributed by atoms with van der Waals surface area (Å²) < 4.78 is 31.5. The Morgan fingerprint density at radius 2 is 2.03 bits per heavy atom. The van der Waals surface area contributed by atoms with E-state index in [2.05, 4.69) is 20.8 Å². The third kappa shape index (κ3) is 5.61. The van der Waals surface area contributed by atoms with Crippen LogP contribution in [-0.2, 0) is 9.59 Å². The molecule has 3 rings (SSSR count). The lowest BCUT2D eigenvalue weighted by atomic mass is 10.2. The van der Waals surface area contributed by atoms with Gasteiger partial charge < -0.3 is 15.4 Å². The average molecular weight is 418 g/mol. The number of anilines is 1. The van der Waals surface area contributed by atoms with Gasteiger partial charge in [0.05, 0.1) is 13.3 Å². The first-order valence-electron chi connectivity index (χ1n) is 8.42. The molecule has 2 aromatic carbocycles. The summed E-state index contributed by atoms with van der Waals surface area (Å²) in [7, 11) is 1.54. The molecule has 1 aliphatic rings. The van der Waals surface area contributed by atoms with Crippen LogP contribution in [-0.4, -0.2) is 35.6 Å². The fraction of sp³-hybridized carbons (Fsp3) is 0.158. The van der Waals surface area contributed by atoms with Gasteiger partial charge in [0, 0.05) is 23.7 Å². The predicted octanol–water partition coefficient (Wildman–Crippen LogP) is 2.92. The molecule has 1 atom stereocenters. The third-order valence-electron chi connectivity index (χ3n) is 3.83. The minimum Gasteiger partial charge on any atom is -0.497 e. The first-order valence-corrected chi connectivity index (χ1v) is 9.30. The number of hydrogen-bond donors (Lipinski definition) is 2. The molecule has 150 valence electrons. The van der Waals surface area contributed by atoms with Gasteiger partial charge in [-0.1, -0.05) is 11.8 Å². The van der Waals surface area contributed by atoms with Crippen LogP contribution in [0.3, 0.4) is 0 Å². The molecular weight excluding hydrogens is 402 g/mol. The minimum absolute atomic E-state index is 0.0560. The number of amides is 2. The van der Waals surface area contributed by atoms with Gasteiger partial charge in [-0.3, -0.25) is 9.59 Å². The summed E-state index contributed by atoms with van der Waals surface area (Å²) in [5.74, 6) is -1.51. The van der Waals surface area contributed by atoms with Crippen molar-refractivity contribution in [3.8, 4) is 5.75 Å². The zero-order chi connectivity index (χ0) is 20.8. The fourth-order valence-electron chi connectivity index (χ4n) is 2.39. The number of carbonyl (C=O) groups excluding carboxylic acids is 2. The zero-order valence-electron chi connectivity index (χ0n) is 15.2. The Morgan fingerprint density at radius 1 is 1.28 bits per heavy atom. The summed E-state index contributed by atoms with van der Waals surface area (Å²) in [5, 5.41) is 12.2. The van der Waals surface area contributed by atoms with Crippen molar-refractivity contribution >= 4 is 40.6 Å². The number of nitrogens with one attached hydrogen (secondary N) is 2. The van der Waals surface area contributed by atoms with Crippen LogP contribution in [0.25, 0.3) is 0 Å². The van der Waals surface area contributed by atoms with Crippen LogP contribution < -0.4 is 15.4 Å². The highest BCUT2D eigenvalue weighted by Crippen LogP contribution is 2.23. The monoisotopic (exact) mass is 418 g/mol. The molecule has 0 aliphatic carbocycles. The summed E-state index contributed by atoms with van der Waals surface area (Å²) in [6.45, 7) is 0. The molecule has 2 N–H and O–H groups in total. The normalized spacial score (nSPS) is 17.6. The second-order valence-corrected chi connectivity index (χ2v) is 7.08. The van der Waals surface area contributed by atoms with Gasteiger partial charge in [-0.2, -0.15) is 5.10 Å². The third-order valence-corrected chi connectivity index (χ3v) is 4.90. The van der Waals surface area contributed by atoms with Crippen molar-refractivity contribution in [2.24, 2.45) is 10.2 Å². The lowest BCUT2D eigenvalue weighted by Crippen LogP contribution is -2.28. The average Bonchev–Trinajstić information content (AvgIpc) is 3.03. The van der Waals surface area contributed by atoms with E-state index in [1.807, 2.05) is 0 Å². The van der Waals surface area contributed by atoms with Crippen molar-refractivity contribution in [3.05, 3.63) is 59.7 Å². The number of amidine groups is 1. The summed E-state index contributed by atoms with van der Waals surface area (Å²) in [4.78, 5) is 24.2. The fourth-order valence-corrected chi connectivity index (χ4v) is 3.31. The highest BCUT2D eigenvalue weighted by Gasteiger charge is 2.32. The lowest BCUT2D eigenvalue weighted by molar-refractivity contribution is -0.122. The van der Waals surface area contributed by atoms with E-state index >= 15 is 0 Å². The Labute approximate surface area is 169 Å². The first kappa shape index (κ1) is 20.5. The van der Waals surface area contributed by atoms with Gasteiger partial charge in [0.1, 0.15) is 22.6 Å². The van der Waals surface area contributed by atoms with Gasteiger partial charge >= 0.3 is 0 Å². The van der Waals surface area contributed by atoms with Gasteiger partial charge in [0.2, 0.25) is 11.8 Å². The molecular formula is C19H16F2N4O3S. The highest BCUT2D eigenvalue weighted by molar-refractivity contribution is 8.15. The Hall–Kier alpha value is -3.27. The molecule has 1 fully saturated rings. The van der Waals surface area contributed by atoms with Crippen LogP contribution in [0, 0.1) is 11.6 Å². The van der Waals surface area contributed by atoms with E-state index in [9.17, 15) is 18.4 Å². The molecule has 0 spiro atoms. The molecule has 0 unspecified atom stereocenters. The number of rotatable bonds is 6. The molecule has 1 saturated heterocycles. The Morgan fingerprint density at radius 3 is 2.72 bits per heavy atom. The van der Waals surface area contributed by atoms with Gasteiger partial charge in [-0.05, 0) is 36.4 Å². The summed E-state index contributed by atoms with van der Waals surface area (Å²) in [6.07, 6.45) is 1.05. The number of ether oxygens (including phenoxy) is 1. The molecule has 0 bridgehead atoms. The Bertz CT molecular complexity index is 980. The summed E-state index contributed by atoms with van der Waals surface area (Å²) in [6, 6.07) is 9.85. The van der Waals surface area contributed by atoms with Gasteiger partial charge in [-0.15, -0.1) is 5.10 Å². The molecule has 7 nitrogen and oxygen atoms in total. The highest BCUT2D eigenvalue weighted by atomic mass is 32.2. The molecule has 1 heterocycles. The topological polar surface area (TPSA) is 92.2 Å². The quantitative estimate of drug-likeness (QED) is 0.557. The van der Waals surface area contributed by atoms with E-state index < -0.39 is 16.9 Å². The second-order valence-electron chi connectivity index (χ2n) is 5.89. The van der Waals surface area contributed by atoms with Crippen molar-refractivity contribution in [3.63, 3.8) is 0 Å². The van der Waals surface area contributed by atoms with E-state index in [1.165, 1.54) is 6.07 Å². The number of hydrogen-bond acceptors (Lipinski definition) is 6. The Balaban J connectivity index is 1.55. The maximum absolute atomic E-state index is 13.5. The molecule has 1 aliphatic heterocycles. The molecule has 2 amide bonds. The molecule has 2 aromatic rings. The zero-order valence-corrected chi connectivity index (χ0v) is 16.0. The SMILES string of the molecule is COc1ccc(NC(=O)C[C@H]2S/C(=N/N=C\c3ccc(F)cc3F)NC2=O)cc1. The van der Waals surface area contributed by atoms with Crippen LogP contribution in [0.2, 0.25) is 0 Å². The van der Waals surface area contributed by atoms with E-state index in [1.54, 1.807) is 31.4 Å². The largest absolute Gasteiger partial charge is 0.497 e. The van der Waals surface area contributed by atoms with Gasteiger partial charge in [-0.25, -0.2) is 8.78 Å². The minimum atomic E-state index is -0.773. The van der Waals surface area contributed by atoms with Crippen molar-refractivity contribution in [1.29, 1.82) is 0 Å². The van der Waals surface area contributed by atoms with Crippen LogP contribution in [0.1, 0.15) is 12.0 Å². The maximum Gasteiger partial charge on any atom is 0.240 e. The molecule has 0 aromatic heterocycles. The maximum atomic E-state index is 13.5. The van der Waals surface area contributed by atoms with Crippen LogP contribution >= 0.6 is 11.8 Å². The number of nitrogens with zero attached hydrogens (tertiary/aromatic N) is 2. The summed E-state index contributed by atoms with van der Waals surface area (Å²) >= 11 is 1.05. The van der Waals surface area contributed by atoms with Gasteiger partial charge in [0.25, 0.3) is 0 Å². The lowest BCUT2D eigenvalue weighted by Gasteiger charge is -2.08. The van der Waals surface area contributed by atoms with Gasteiger partial charge in [0.15, 0.2) is 5.17 Å². The van der Waals surface area contributed by atoms with Crippen LogP contribution in [0.4, 0.5) is 14.5 Å². The van der Waals surface area contributed by atoms with E-state index in [0.29, 0.717) is 11.4 Å². The molecule has 29 heavy (non-hydrogen) atoms. The second kappa shape index (κ2) is 9.28. The van der Waals surface area contributed by atoms with E-state index in [0.717, 1.165) is 30.1 Å². The van der Waals surface area contributed by atoms with E-state index in [-0.39, 0.29) is 29.0 Å². The predicted molar refractivity (Wildman–Crippen MR) is 107 cm³/mol. The molecule has 0 radical (unpaired) electrons. The molecule has 10 heteroatoms. The Kier molecular flexibility index (Phi) is 6.55. The van der Waals surface area contributed by atoms with Crippen molar-refractivity contribution in [2.75, 3.05) is 12.4 Å². The van der Waals surface area contributed by atoms with Crippen LogP contribution in [0.5, 0.6) is 5.75 Å². The van der Waals surface area contributed by atoms with Crippen molar-refractivity contribution in [2.45, 2.75) is 11.7 Å². The summed E-state index contributed by atoms with van der Waals surface area (Å²) in [5.41, 5.74) is 0.638. The number of thioether (sulfide) groups is 1. The van der Waals surface area contributed by atoms with Crippen molar-refractivity contribution in [1.82, 2.24) is 5.32 Å². The number of methoxy groups -OCH3 is 1. The number of carbonyl (C=O) groups is 2. The standard InChI is InChI=1S/C19H16F2N4O3S/c1-28-14-6-4-13(5-7-14)23-17(26)9-16-18(27)24-19(29-16)25-22-10-11-2-3-12(20)8-15(11)21/h2-8,10,16H,9H2,1H3,(H,23,26)(H,24,25,27)/b22-10-/t16-/m1/s1. The number of benzene rings is 2.